The summed E-state index contributed by atoms with van der Waals surface area (Å²) in [6, 6.07) is 7.71. The molecule has 1 aromatic carbocycles. The first-order valence-corrected chi connectivity index (χ1v) is 7.37. The Hall–Kier alpha value is -1.76. The maximum Gasteiger partial charge on any atom is 0.386 e. The monoisotopic (exact) mass is 306 g/mol. The summed E-state index contributed by atoms with van der Waals surface area (Å²) in [4.78, 5) is 4.68. The van der Waals surface area contributed by atoms with Gasteiger partial charge in [0.05, 0.1) is 6.20 Å². The van der Waals surface area contributed by atoms with E-state index >= 15 is 0 Å². The van der Waals surface area contributed by atoms with Gasteiger partial charge < -0.3 is 5.73 Å². The van der Waals surface area contributed by atoms with Crippen LogP contribution in [0.5, 0.6) is 0 Å². The van der Waals surface area contributed by atoms with E-state index < -0.39 is 0 Å². The third-order valence-electron chi connectivity index (χ3n) is 2.88. The van der Waals surface area contributed by atoms with Crippen LogP contribution < -0.4 is 10.7 Å². The molecule has 2 aromatic heterocycles. The fourth-order valence-electron chi connectivity index (χ4n) is 1.89. The van der Waals surface area contributed by atoms with Gasteiger partial charge in [0.15, 0.2) is 0 Å². The molecule has 0 aliphatic rings. The van der Waals surface area contributed by atoms with E-state index in [2.05, 4.69) is 15.2 Å². The number of aromatic nitrogens is 4. The molecule has 102 valence electrons. The Morgan fingerprint density at radius 1 is 1.20 bits per heavy atom. The highest BCUT2D eigenvalue weighted by Crippen LogP contribution is 2.15. The topological polar surface area (TPSA) is 70.9 Å². The molecule has 0 aliphatic heterocycles. The first kappa shape index (κ1) is 13.2. The van der Waals surface area contributed by atoms with Gasteiger partial charge in [0.1, 0.15) is 11.4 Å². The number of hydrogen-bond donors (Lipinski definition) is 1. The number of nitrogens with one attached hydrogen (secondary N) is 1. The van der Waals surface area contributed by atoms with Gasteiger partial charge in [-0.1, -0.05) is 45.3 Å². The molecule has 0 radical (unpaired) electrons. The van der Waals surface area contributed by atoms with Crippen LogP contribution in [0.2, 0.25) is 5.02 Å². The SMILES string of the molecule is NCc1nn(-c2[nH+]ccs2)nc1Cc1ccc(Cl)cc1. The van der Waals surface area contributed by atoms with Crippen LogP contribution in [0.15, 0.2) is 35.8 Å². The highest BCUT2D eigenvalue weighted by Gasteiger charge is 2.18. The fraction of sp³-hybridized carbons (Fsp3) is 0.154. The minimum absolute atomic E-state index is 0.369. The number of nitrogens with zero attached hydrogens (tertiary/aromatic N) is 3. The van der Waals surface area contributed by atoms with Gasteiger partial charge in [-0.05, 0) is 17.7 Å². The molecule has 0 unspecified atom stereocenters. The van der Waals surface area contributed by atoms with Gasteiger partial charge in [0.2, 0.25) is 0 Å². The van der Waals surface area contributed by atoms with E-state index in [9.17, 15) is 0 Å². The number of benzene rings is 1. The lowest BCUT2D eigenvalue weighted by Gasteiger charge is -1.98. The summed E-state index contributed by atoms with van der Waals surface area (Å²) < 4.78 is 0. The Morgan fingerprint density at radius 3 is 2.60 bits per heavy atom. The van der Waals surface area contributed by atoms with Gasteiger partial charge in [-0.3, -0.25) is 0 Å². The van der Waals surface area contributed by atoms with Gasteiger partial charge in [0, 0.05) is 28.2 Å². The molecule has 3 rings (SSSR count). The van der Waals surface area contributed by atoms with E-state index in [1.54, 1.807) is 16.1 Å². The molecule has 2 heterocycles. The van der Waals surface area contributed by atoms with Crippen molar-refractivity contribution in [3.05, 3.63) is 57.8 Å². The van der Waals surface area contributed by atoms with E-state index in [1.165, 1.54) is 0 Å². The van der Waals surface area contributed by atoms with Crippen molar-refractivity contribution in [3.63, 3.8) is 0 Å². The minimum Gasteiger partial charge on any atom is -0.325 e. The maximum atomic E-state index is 5.89. The number of nitrogens with two attached hydrogens (primary N) is 1. The standard InChI is InChI=1S/C13H12ClN5S/c14-10-3-1-9(2-4-10)7-11-12(8-15)18-19(17-11)13-16-5-6-20-13/h1-6H,7-8,15H2/p+1. The summed E-state index contributed by atoms with van der Waals surface area (Å²) >= 11 is 7.43. The van der Waals surface area contributed by atoms with Crippen molar-refractivity contribution in [3.8, 4) is 5.13 Å². The Morgan fingerprint density at radius 2 is 1.95 bits per heavy atom. The zero-order valence-electron chi connectivity index (χ0n) is 10.6. The summed E-state index contributed by atoms with van der Waals surface area (Å²) in [5, 5.41) is 12.5. The predicted molar refractivity (Wildman–Crippen MR) is 77.9 cm³/mol. The molecule has 3 aromatic rings. The van der Waals surface area contributed by atoms with Crippen molar-refractivity contribution in [2.24, 2.45) is 5.73 Å². The lowest BCUT2D eigenvalue weighted by molar-refractivity contribution is -0.367. The van der Waals surface area contributed by atoms with Gasteiger partial charge in [-0.15, -0.1) is 0 Å². The number of aromatic amines is 1. The molecule has 0 aliphatic carbocycles. The summed E-state index contributed by atoms with van der Waals surface area (Å²) in [7, 11) is 0. The third-order valence-corrected chi connectivity index (χ3v) is 3.91. The molecule has 7 heteroatoms. The van der Waals surface area contributed by atoms with E-state index in [4.69, 9.17) is 17.3 Å². The van der Waals surface area contributed by atoms with Crippen LogP contribution >= 0.6 is 22.9 Å². The summed E-state index contributed by atoms with van der Waals surface area (Å²) in [6.07, 6.45) is 2.54. The zero-order valence-corrected chi connectivity index (χ0v) is 12.2. The van der Waals surface area contributed by atoms with Gasteiger partial charge in [0.25, 0.3) is 0 Å². The average Bonchev–Trinajstić information content (AvgIpc) is 3.10. The Labute approximate surface area is 125 Å². The fourth-order valence-corrected chi connectivity index (χ4v) is 2.59. The highest BCUT2D eigenvalue weighted by molar-refractivity contribution is 7.11. The second-order valence-electron chi connectivity index (χ2n) is 4.26. The second kappa shape index (κ2) is 5.70. The second-order valence-corrected chi connectivity index (χ2v) is 5.59. The molecule has 0 fully saturated rings. The van der Waals surface area contributed by atoms with Gasteiger partial charge in [-0.2, -0.15) is 0 Å². The number of thiazole rings is 1. The number of H-pyrrole nitrogens is 1. The van der Waals surface area contributed by atoms with Crippen LogP contribution in [0.3, 0.4) is 0 Å². The number of halogens is 1. The molecule has 5 nitrogen and oxygen atoms in total. The molecular weight excluding hydrogens is 294 g/mol. The van der Waals surface area contributed by atoms with Crippen molar-refractivity contribution in [2.45, 2.75) is 13.0 Å². The molecular formula is C13H13ClN5S+. The molecule has 3 N–H and O–H groups in total. The summed E-state index contributed by atoms with van der Waals surface area (Å²) in [5.41, 5.74) is 8.58. The van der Waals surface area contributed by atoms with Crippen LogP contribution in [-0.2, 0) is 13.0 Å². The third kappa shape index (κ3) is 2.72. The predicted octanol–water partition coefficient (Wildman–Crippen LogP) is 1.85. The molecule has 0 atom stereocenters. The molecule has 0 saturated heterocycles. The smallest absolute Gasteiger partial charge is 0.325 e. The van der Waals surface area contributed by atoms with Crippen LogP contribution in [0.1, 0.15) is 17.0 Å². The first-order valence-electron chi connectivity index (χ1n) is 6.11. The highest BCUT2D eigenvalue weighted by atomic mass is 35.5. The van der Waals surface area contributed by atoms with E-state index in [1.807, 2.05) is 35.8 Å². The Balaban J connectivity index is 1.90. The summed E-state index contributed by atoms with van der Waals surface area (Å²) in [6.45, 7) is 0.369. The molecule has 0 amide bonds. The molecule has 20 heavy (non-hydrogen) atoms. The van der Waals surface area contributed by atoms with Crippen molar-refractivity contribution in [2.75, 3.05) is 0 Å². The Kier molecular flexibility index (Phi) is 3.77. The average molecular weight is 307 g/mol. The zero-order chi connectivity index (χ0) is 13.9. The van der Waals surface area contributed by atoms with E-state index in [0.29, 0.717) is 13.0 Å². The minimum atomic E-state index is 0.369. The van der Waals surface area contributed by atoms with Crippen molar-refractivity contribution in [1.82, 2.24) is 15.0 Å². The molecule has 0 spiro atoms. The number of rotatable bonds is 4. The van der Waals surface area contributed by atoms with Crippen LogP contribution in [0, 0.1) is 0 Å². The van der Waals surface area contributed by atoms with Crippen LogP contribution in [-0.4, -0.2) is 15.0 Å². The lowest BCUT2D eigenvalue weighted by Crippen LogP contribution is -2.10. The van der Waals surface area contributed by atoms with Crippen LogP contribution in [0.25, 0.3) is 5.13 Å². The molecule has 0 bridgehead atoms. The number of hydrogen-bond acceptors (Lipinski definition) is 4. The normalized spacial score (nSPS) is 10.9. The first-order chi connectivity index (χ1) is 9.76. The summed E-state index contributed by atoms with van der Waals surface area (Å²) in [5.74, 6) is 0. The molecule has 0 saturated carbocycles. The van der Waals surface area contributed by atoms with E-state index in [0.717, 1.165) is 27.1 Å². The quantitative estimate of drug-likeness (QED) is 0.799. The van der Waals surface area contributed by atoms with Gasteiger partial charge >= 0.3 is 5.13 Å². The van der Waals surface area contributed by atoms with Crippen molar-refractivity contribution >= 4 is 22.9 Å². The van der Waals surface area contributed by atoms with E-state index in [-0.39, 0.29) is 0 Å². The lowest BCUT2D eigenvalue weighted by atomic mass is 10.1. The Bertz CT molecular complexity index is 690. The van der Waals surface area contributed by atoms with Crippen molar-refractivity contribution < 1.29 is 4.98 Å². The maximum absolute atomic E-state index is 5.89. The van der Waals surface area contributed by atoms with Crippen LogP contribution in [0.4, 0.5) is 0 Å². The van der Waals surface area contributed by atoms with Crippen molar-refractivity contribution in [1.29, 1.82) is 0 Å². The van der Waals surface area contributed by atoms with Gasteiger partial charge in [-0.25, -0.2) is 4.98 Å². The largest absolute Gasteiger partial charge is 0.386 e.